The molecule has 2 amide bonds. The molecule has 118 valence electrons. The molecule has 6 heteroatoms. The van der Waals surface area contributed by atoms with E-state index in [1.807, 2.05) is 18.6 Å². The van der Waals surface area contributed by atoms with Crippen LogP contribution < -0.4 is 5.32 Å². The van der Waals surface area contributed by atoms with E-state index in [0.717, 1.165) is 24.3 Å². The molecule has 1 N–H and O–H groups in total. The van der Waals surface area contributed by atoms with Crippen molar-refractivity contribution in [3.63, 3.8) is 0 Å². The number of hydrogen-bond acceptors (Lipinski definition) is 4. The van der Waals surface area contributed by atoms with E-state index in [1.54, 1.807) is 23.3 Å². The van der Waals surface area contributed by atoms with Crippen LogP contribution in [0.4, 0.5) is 4.79 Å². The minimum Gasteiger partial charge on any atom is -0.379 e. The molecule has 21 heavy (non-hydrogen) atoms. The van der Waals surface area contributed by atoms with Gasteiger partial charge in [-0.1, -0.05) is 19.8 Å². The van der Waals surface area contributed by atoms with Crippen molar-refractivity contribution in [1.82, 2.24) is 15.2 Å². The third kappa shape index (κ3) is 4.41. The molecule has 1 aliphatic rings. The van der Waals surface area contributed by atoms with Gasteiger partial charge in [0.15, 0.2) is 0 Å². The summed E-state index contributed by atoms with van der Waals surface area (Å²) in [6.07, 6.45) is 6.32. The summed E-state index contributed by atoms with van der Waals surface area (Å²) in [5, 5.41) is 6.16. The molecule has 1 aliphatic carbocycles. The molecule has 0 bridgehead atoms. The summed E-state index contributed by atoms with van der Waals surface area (Å²) in [6.45, 7) is 2.77. The van der Waals surface area contributed by atoms with Crippen molar-refractivity contribution >= 4 is 17.4 Å². The van der Waals surface area contributed by atoms with Crippen LogP contribution in [-0.4, -0.2) is 48.8 Å². The zero-order chi connectivity index (χ0) is 15.2. The zero-order valence-electron chi connectivity index (χ0n) is 13.0. The van der Waals surface area contributed by atoms with Crippen LogP contribution >= 0.6 is 11.3 Å². The van der Waals surface area contributed by atoms with Gasteiger partial charge in [0.1, 0.15) is 0 Å². The monoisotopic (exact) mass is 311 g/mol. The fraction of sp³-hybridized carbons (Fsp3) is 0.733. The van der Waals surface area contributed by atoms with Gasteiger partial charge in [0.25, 0.3) is 0 Å². The van der Waals surface area contributed by atoms with E-state index in [2.05, 4.69) is 17.2 Å². The van der Waals surface area contributed by atoms with Gasteiger partial charge in [0.05, 0.1) is 17.2 Å². The third-order valence-electron chi connectivity index (χ3n) is 4.08. The van der Waals surface area contributed by atoms with Crippen LogP contribution in [0.5, 0.6) is 0 Å². The third-order valence-corrected chi connectivity index (χ3v) is 5.09. The van der Waals surface area contributed by atoms with E-state index in [9.17, 15) is 4.79 Å². The van der Waals surface area contributed by atoms with Crippen molar-refractivity contribution in [2.24, 2.45) is 0 Å². The van der Waals surface area contributed by atoms with Gasteiger partial charge in [-0.3, -0.25) is 0 Å². The van der Waals surface area contributed by atoms with Gasteiger partial charge in [-0.05, 0) is 12.8 Å². The van der Waals surface area contributed by atoms with Crippen LogP contribution in [0.15, 0.2) is 11.6 Å². The Morgan fingerprint density at radius 2 is 2.33 bits per heavy atom. The summed E-state index contributed by atoms with van der Waals surface area (Å²) in [5.41, 5.74) is 0. The lowest BCUT2D eigenvalue weighted by Crippen LogP contribution is -2.50. The standard InChI is InChI=1S/C15H25N3O2S/c1-11(14-16-8-9-21-14)10-18(2)15(19)17-12-6-4-5-7-13(12)20-3/h8-9,11-13H,4-7,10H2,1-3H3,(H,17,19)/t11-,12+,13+/m0/s1. The van der Waals surface area contributed by atoms with Gasteiger partial charge >= 0.3 is 6.03 Å². The molecular weight excluding hydrogens is 286 g/mol. The number of urea groups is 1. The second kappa shape index (κ2) is 7.75. The average molecular weight is 311 g/mol. The molecule has 0 aromatic carbocycles. The maximum absolute atomic E-state index is 12.3. The second-order valence-corrected chi connectivity index (χ2v) is 6.69. The molecule has 0 unspecified atom stereocenters. The number of ether oxygens (including phenoxy) is 1. The maximum Gasteiger partial charge on any atom is 0.317 e. The fourth-order valence-electron chi connectivity index (χ4n) is 2.86. The first-order valence-electron chi connectivity index (χ1n) is 7.55. The highest BCUT2D eigenvalue weighted by atomic mass is 32.1. The number of rotatable bonds is 5. The van der Waals surface area contributed by atoms with E-state index in [4.69, 9.17) is 4.74 Å². The summed E-state index contributed by atoms with van der Waals surface area (Å²) in [4.78, 5) is 18.4. The lowest BCUT2D eigenvalue weighted by molar-refractivity contribution is 0.0434. The molecule has 1 fully saturated rings. The van der Waals surface area contributed by atoms with Gasteiger partial charge in [-0.25, -0.2) is 9.78 Å². The Bertz CT molecular complexity index is 438. The minimum absolute atomic E-state index is 0.0210. The molecule has 1 heterocycles. The number of thiazole rings is 1. The first-order valence-corrected chi connectivity index (χ1v) is 8.43. The lowest BCUT2D eigenvalue weighted by Gasteiger charge is -2.32. The number of carbonyl (C=O) groups excluding carboxylic acids is 1. The molecule has 0 spiro atoms. The van der Waals surface area contributed by atoms with Gasteiger partial charge in [0, 0.05) is 38.2 Å². The fourth-order valence-corrected chi connectivity index (χ4v) is 3.55. The molecule has 1 aromatic rings. The van der Waals surface area contributed by atoms with E-state index >= 15 is 0 Å². The van der Waals surface area contributed by atoms with Crippen molar-refractivity contribution in [2.75, 3.05) is 20.7 Å². The molecule has 0 radical (unpaired) electrons. The van der Waals surface area contributed by atoms with Gasteiger partial charge < -0.3 is 15.0 Å². The van der Waals surface area contributed by atoms with Crippen LogP contribution in [0.2, 0.25) is 0 Å². The normalized spacial score (nSPS) is 23.6. The zero-order valence-corrected chi connectivity index (χ0v) is 13.9. The first-order chi connectivity index (χ1) is 10.1. The van der Waals surface area contributed by atoms with Crippen LogP contribution in [0, 0.1) is 0 Å². The summed E-state index contributed by atoms with van der Waals surface area (Å²) in [6, 6.07) is 0.112. The quantitative estimate of drug-likeness (QED) is 0.909. The summed E-state index contributed by atoms with van der Waals surface area (Å²) >= 11 is 1.63. The predicted molar refractivity (Wildman–Crippen MR) is 84.7 cm³/mol. The van der Waals surface area contributed by atoms with Crippen LogP contribution in [-0.2, 0) is 4.74 Å². The summed E-state index contributed by atoms with van der Waals surface area (Å²) < 4.78 is 5.48. The van der Waals surface area contributed by atoms with Crippen molar-refractivity contribution in [2.45, 2.75) is 50.7 Å². The maximum atomic E-state index is 12.3. The van der Waals surface area contributed by atoms with Crippen molar-refractivity contribution in [3.05, 3.63) is 16.6 Å². The molecule has 5 nitrogen and oxygen atoms in total. The number of amides is 2. The van der Waals surface area contributed by atoms with Crippen LogP contribution in [0.1, 0.15) is 43.5 Å². The number of aromatic nitrogens is 1. The largest absolute Gasteiger partial charge is 0.379 e. The molecule has 3 atom stereocenters. The second-order valence-electron chi connectivity index (χ2n) is 5.77. The number of carbonyl (C=O) groups is 1. The summed E-state index contributed by atoms with van der Waals surface area (Å²) in [5.74, 6) is 0.255. The first kappa shape index (κ1) is 16.2. The molecule has 1 saturated carbocycles. The highest BCUT2D eigenvalue weighted by molar-refractivity contribution is 7.09. The summed E-state index contributed by atoms with van der Waals surface area (Å²) in [7, 11) is 3.56. The van der Waals surface area contributed by atoms with Crippen molar-refractivity contribution in [1.29, 1.82) is 0 Å². The minimum atomic E-state index is -0.0210. The van der Waals surface area contributed by atoms with E-state index < -0.39 is 0 Å². The van der Waals surface area contributed by atoms with Gasteiger partial charge in [0.2, 0.25) is 0 Å². The number of nitrogens with one attached hydrogen (secondary N) is 1. The Kier molecular flexibility index (Phi) is 5.99. The average Bonchev–Trinajstić information content (AvgIpc) is 3.02. The highest BCUT2D eigenvalue weighted by Crippen LogP contribution is 2.21. The topological polar surface area (TPSA) is 54.5 Å². The molecule has 0 aliphatic heterocycles. The van der Waals surface area contributed by atoms with Crippen molar-refractivity contribution in [3.8, 4) is 0 Å². The number of nitrogens with zero attached hydrogens (tertiary/aromatic N) is 2. The molecular formula is C15H25N3O2S. The predicted octanol–water partition coefficient (Wildman–Crippen LogP) is 2.85. The Morgan fingerprint density at radius 1 is 1.57 bits per heavy atom. The van der Waals surface area contributed by atoms with E-state index in [-0.39, 0.29) is 24.1 Å². The molecule has 0 saturated heterocycles. The van der Waals surface area contributed by atoms with Crippen LogP contribution in [0.3, 0.4) is 0 Å². The van der Waals surface area contributed by atoms with Crippen LogP contribution in [0.25, 0.3) is 0 Å². The lowest BCUT2D eigenvalue weighted by atomic mass is 9.92. The van der Waals surface area contributed by atoms with Crippen molar-refractivity contribution < 1.29 is 9.53 Å². The van der Waals surface area contributed by atoms with Gasteiger partial charge in [-0.2, -0.15) is 0 Å². The SMILES string of the molecule is CO[C@@H]1CCCC[C@H]1NC(=O)N(C)C[C@H](C)c1nccs1. The Labute approximate surface area is 130 Å². The Morgan fingerprint density at radius 3 is 3.00 bits per heavy atom. The molecule has 1 aromatic heterocycles. The number of likely N-dealkylation sites (N-methyl/N-ethyl adjacent to an activating group) is 1. The van der Waals surface area contributed by atoms with E-state index in [1.165, 1.54) is 6.42 Å². The molecule has 2 rings (SSSR count). The number of methoxy groups -OCH3 is 1. The van der Waals surface area contributed by atoms with E-state index in [0.29, 0.717) is 6.54 Å². The Hall–Kier alpha value is -1.14. The number of hydrogen-bond donors (Lipinski definition) is 1. The van der Waals surface area contributed by atoms with Gasteiger partial charge in [-0.15, -0.1) is 11.3 Å². The smallest absolute Gasteiger partial charge is 0.317 e. The highest BCUT2D eigenvalue weighted by Gasteiger charge is 2.27. The Balaban J connectivity index is 1.84.